The lowest BCUT2D eigenvalue weighted by Gasteiger charge is -2.35. The van der Waals surface area contributed by atoms with Crippen molar-refractivity contribution in [2.24, 2.45) is 0 Å². The molecule has 0 aromatic carbocycles. The molecule has 1 fully saturated rings. The number of piperazine rings is 1. The van der Waals surface area contributed by atoms with Gasteiger partial charge >= 0.3 is 6.09 Å². The average molecular weight is 202 g/mol. The molecule has 1 saturated heterocycles. The second-order valence-electron chi connectivity index (χ2n) is 3.63. The van der Waals surface area contributed by atoms with Gasteiger partial charge in [-0.15, -0.1) is 0 Å². The molecular weight excluding hydrogens is 184 g/mol. The molecule has 0 saturated carbocycles. The summed E-state index contributed by atoms with van der Waals surface area (Å²) in [5.41, 5.74) is 0. The summed E-state index contributed by atoms with van der Waals surface area (Å²) in [4.78, 5) is 24.0. The molecule has 82 valence electrons. The number of rotatable bonds is 2. The van der Waals surface area contributed by atoms with Gasteiger partial charge < -0.3 is 4.90 Å². The van der Waals surface area contributed by atoms with Gasteiger partial charge in [-0.1, -0.05) is 0 Å². The van der Waals surface area contributed by atoms with Crippen molar-refractivity contribution in [3.8, 4) is 0 Å². The van der Waals surface area contributed by atoms with Crippen molar-refractivity contribution in [2.45, 2.75) is 19.9 Å². The van der Waals surface area contributed by atoms with Gasteiger partial charge in [-0.2, -0.15) is 4.89 Å². The first-order valence-electron chi connectivity index (χ1n) is 4.88. The lowest BCUT2D eigenvalue weighted by molar-refractivity contribution is -0.222. The second kappa shape index (κ2) is 5.17. The van der Waals surface area contributed by atoms with Gasteiger partial charge in [0.2, 0.25) is 0 Å². The van der Waals surface area contributed by atoms with Gasteiger partial charge in [0, 0.05) is 32.2 Å². The molecule has 0 spiro atoms. The van der Waals surface area contributed by atoms with Crippen LogP contribution >= 0.6 is 0 Å². The van der Waals surface area contributed by atoms with E-state index in [0.717, 1.165) is 13.1 Å². The molecule has 0 bridgehead atoms. The van der Waals surface area contributed by atoms with Crippen LogP contribution in [0, 0.1) is 0 Å². The Morgan fingerprint density at radius 2 is 1.79 bits per heavy atom. The highest BCUT2D eigenvalue weighted by molar-refractivity contribution is 5.67. The fourth-order valence-corrected chi connectivity index (χ4v) is 1.54. The topological polar surface area (TPSA) is 42.0 Å². The number of amides is 1. The smallest absolute Gasteiger partial charge is 0.303 e. The van der Waals surface area contributed by atoms with Gasteiger partial charge in [-0.25, -0.2) is 4.79 Å². The highest BCUT2D eigenvalue weighted by Gasteiger charge is 2.23. The van der Waals surface area contributed by atoms with Crippen LogP contribution in [0.1, 0.15) is 13.8 Å². The summed E-state index contributed by atoms with van der Waals surface area (Å²) in [6.07, 6.45) is -0.393. The zero-order valence-corrected chi connectivity index (χ0v) is 9.02. The van der Waals surface area contributed by atoms with E-state index in [1.807, 2.05) is 0 Å². The first kappa shape index (κ1) is 11.3. The minimum atomic E-state index is -0.393. The molecule has 0 N–H and O–H groups in total. The normalized spacial score (nSPS) is 18.7. The Morgan fingerprint density at radius 3 is 2.21 bits per heavy atom. The first-order chi connectivity index (χ1) is 6.65. The van der Waals surface area contributed by atoms with Gasteiger partial charge in [0.05, 0.1) is 7.11 Å². The zero-order valence-electron chi connectivity index (χ0n) is 9.02. The van der Waals surface area contributed by atoms with Gasteiger partial charge in [-0.05, 0) is 13.8 Å². The van der Waals surface area contributed by atoms with E-state index in [1.165, 1.54) is 7.11 Å². The Balaban J connectivity index is 2.31. The maximum atomic E-state index is 11.2. The molecular formula is C9H18N2O3. The Hall–Kier alpha value is -0.810. The number of hydrogen-bond donors (Lipinski definition) is 0. The van der Waals surface area contributed by atoms with Crippen LogP contribution in [-0.4, -0.2) is 55.2 Å². The molecule has 0 unspecified atom stereocenters. The van der Waals surface area contributed by atoms with Gasteiger partial charge in [0.1, 0.15) is 0 Å². The quantitative estimate of drug-likeness (QED) is 0.488. The monoisotopic (exact) mass is 202 g/mol. The maximum absolute atomic E-state index is 11.2. The molecule has 0 radical (unpaired) electrons. The predicted octanol–water partition coefficient (Wildman–Crippen LogP) is 0.710. The molecule has 1 amide bonds. The van der Waals surface area contributed by atoms with Gasteiger partial charge in [0.15, 0.2) is 0 Å². The Labute approximate surface area is 84.5 Å². The van der Waals surface area contributed by atoms with Gasteiger partial charge in [0.25, 0.3) is 0 Å². The van der Waals surface area contributed by atoms with Crippen LogP contribution < -0.4 is 0 Å². The van der Waals surface area contributed by atoms with Crippen molar-refractivity contribution in [3.63, 3.8) is 0 Å². The van der Waals surface area contributed by atoms with E-state index >= 15 is 0 Å². The van der Waals surface area contributed by atoms with Crippen molar-refractivity contribution in [3.05, 3.63) is 0 Å². The Morgan fingerprint density at radius 1 is 1.21 bits per heavy atom. The molecule has 5 nitrogen and oxygen atoms in total. The zero-order chi connectivity index (χ0) is 10.6. The van der Waals surface area contributed by atoms with Crippen LogP contribution in [0.15, 0.2) is 0 Å². The van der Waals surface area contributed by atoms with Crippen LogP contribution in [0.5, 0.6) is 0 Å². The van der Waals surface area contributed by atoms with Crippen LogP contribution in [0.25, 0.3) is 0 Å². The molecule has 1 aliphatic rings. The summed E-state index contributed by atoms with van der Waals surface area (Å²) < 4.78 is 0. The third-order valence-corrected chi connectivity index (χ3v) is 2.46. The average Bonchev–Trinajstić information content (AvgIpc) is 2.18. The third-order valence-electron chi connectivity index (χ3n) is 2.46. The molecule has 0 aromatic rings. The van der Waals surface area contributed by atoms with E-state index in [4.69, 9.17) is 0 Å². The van der Waals surface area contributed by atoms with E-state index in [0.29, 0.717) is 19.1 Å². The highest BCUT2D eigenvalue weighted by atomic mass is 17.2. The molecule has 5 heteroatoms. The summed E-state index contributed by atoms with van der Waals surface area (Å²) in [5, 5.41) is 0. The number of nitrogens with zero attached hydrogens (tertiary/aromatic N) is 2. The fourth-order valence-electron chi connectivity index (χ4n) is 1.54. The number of carbonyl (C=O) groups is 1. The first-order valence-corrected chi connectivity index (χ1v) is 4.88. The van der Waals surface area contributed by atoms with Crippen LogP contribution in [0.2, 0.25) is 0 Å². The van der Waals surface area contributed by atoms with Crippen LogP contribution in [0.4, 0.5) is 4.79 Å². The Bertz CT molecular complexity index is 188. The summed E-state index contributed by atoms with van der Waals surface area (Å²) in [7, 11) is 1.34. The lowest BCUT2D eigenvalue weighted by Crippen LogP contribution is -2.50. The van der Waals surface area contributed by atoms with Crippen molar-refractivity contribution in [1.82, 2.24) is 9.80 Å². The predicted molar refractivity (Wildman–Crippen MR) is 51.8 cm³/mol. The van der Waals surface area contributed by atoms with Crippen molar-refractivity contribution in [2.75, 3.05) is 33.3 Å². The number of carbonyl (C=O) groups excluding carboxylic acids is 1. The highest BCUT2D eigenvalue weighted by Crippen LogP contribution is 2.06. The third kappa shape index (κ3) is 2.85. The summed E-state index contributed by atoms with van der Waals surface area (Å²) >= 11 is 0. The second-order valence-corrected chi connectivity index (χ2v) is 3.63. The maximum Gasteiger partial charge on any atom is 0.441 e. The molecule has 1 heterocycles. The fraction of sp³-hybridized carbons (Fsp3) is 0.889. The van der Waals surface area contributed by atoms with Crippen LogP contribution in [-0.2, 0) is 9.78 Å². The molecule has 0 aromatic heterocycles. The molecule has 0 aliphatic carbocycles. The largest absolute Gasteiger partial charge is 0.441 e. The SMILES string of the molecule is COOC(=O)N1CCN(C(C)C)CC1. The summed E-state index contributed by atoms with van der Waals surface area (Å²) in [6.45, 7) is 7.53. The van der Waals surface area contributed by atoms with E-state index < -0.39 is 6.09 Å². The standard InChI is InChI=1S/C9H18N2O3/c1-8(2)10-4-6-11(7-5-10)9(12)14-13-3/h8H,4-7H2,1-3H3. The summed E-state index contributed by atoms with van der Waals surface area (Å²) in [5.74, 6) is 0. The van der Waals surface area contributed by atoms with E-state index in [-0.39, 0.29) is 0 Å². The van der Waals surface area contributed by atoms with E-state index in [9.17, 15) is 4.79 Å². The summed E-state index contributed by atoms with van der Waals surface area (Å²) in [6, 6.07) is 0.538. The molecule has 14 heavy (non-hydrogen) atoms. The molecule has 1 rings (SSSR count). The van der Waals surface area contributed by atoms with Crippen molar-refractivity contribution >= 4 is 6.09 Å². The Kier molecular flexibility index (Phi) is 4.16. The minimum absolute atomic E-state index is 0.393. The van der Waals surface area contributed by atoms with Crippen molar-refractivity contribution < 1.29 is 14.6 Å². The minimum Gasteiger partial charge on any atom is -0.303 e. The molecule has 1 aliphatic heterocycles. The number of hydrogen-bond acceptors (Lipinski definition) is 4. The van der Waals surface area contributed by atoms with E-state index in [2.05, 4.69) is 28.5 Å². The van der Waals surface area contributed by atoms with Crippen LogP contribution in [0.3, 0.4) is 0 Å². The molecule has 0 atom stereocenters. The van der Waals surface area contributed by atoms with E-state index in [1.54, 1.807) is 4.90 Å². The van der Waals surface area contributed by atoms with Crippen molar-refractivity contribution in [1.29, 1.82) is 0 Å². The lowest BCUT2D eigenvalue weighted by atomic mass is 10.2. The van der Waals surface area contributed by atoms with Gasteiger partial charge in [-0.3, -0.25) is 9.79 Å².